The van der Waals surface area contributed by atoms with E-state index in [-0.39, 0.29) is 19.1 Å². The first-order valence-electron chi connectivity index (χ1n) is 7.26. The van der Waals surface area contributed by atoms with Crippen molar-refractivity contribution in [2.75, 3.05) is 19.8 Å². The molecule has 7 nitrogen and oxygen atoms in total. The van der Waals surface area contributed by atoms with Crippen LogP contribution in [0.3, 0.4) is 0 Å². The molecule has 0 unspecified atom stereocenters. The number of rotatable bonds is 9. The number of carbonyl (C=O) groups is 2. The number of carbonyl (C=O) groups excluding carboxylic acids is 2. The minimum absolute atomic E-state index is 0.191. The molecule has 0 aromatic heterocycles. The van der Waals surface area contributed by atoms with E-state index in [9.17, 15) is 9.59 Å². The van der Waals surface area contributed by atoms with Crippen molar-refractivity contribution < 1.29 is 24.5 Å². The molecule has 0 atom stereocenters. The lowest BCUT2D eigenvalue weighted by atomic mass is 10.2. The van der Waals surface area contributed by atoms with Crippen molar-refractivity contribution in [3.8, 4) is 0 Å². The summed E-state index contributed by atoms with van der Waals surface area (Å²) in [6.07, 6.45) is 2.14. The molecule has 0 radical (unpaired) electrons. The van der Waals surface area contributed by atoms with Crippen LogP contribution in [0.25, 0.3) is 0 Å². The predicted molar refractivity (Wildman–Crippen MR) is 78.8 cm³/mol. The normalized spacial score (nSPS) is 11.3. The molecule has 0 fully saturated rings. The highest BCUT2D eigenvalue weighted by Crippen LogP contribution is 2.06. The van der Waals surface area contributed by atoms with Crippen molar-refractivity contribution in [2.45, 2.75) is 58.1 Å². The molecule has 0 heterocycles. The maximum Gasteiger partial charge on any atom is 0.407 e. The topological polar surface area (TPSA) is 108 Å². The van der Waals surface area contributed by atoms with Gasteiger partial charge in [0.2, 0.25) is 5.91 Å². The van der Waals surface area contributed by atoms with Crippen molar-refractivity contribution >= 4 is 12.0 Å². The summed E-state index contributed by atoms with van der Waals surface area (Å²) in [6, 6.07) is -0.591. The Hall–Kier alpha value is -1.34. The van der Waals surface area contributed by atoms with Gasteiger partial charge in [-0.3, -0.25) is 4.79 Å². The number of hydrogen-bond acceptors (Lipinski definition) is 5. The van der Waals surface area contributed by atoms with Crippen molar-refractivity contribution in [3.63, 3.8) is 0 Å². The molecule has 0 rings (SSSR count). The lowest BCUT2D eigenvalue weighted by Crippen LogP contribution is -2.39. The van der Waals surface area contributed by atoms with E-state index in [4.69, 9.17) is 14.9 Å². The molecule has 7 heteroatoms. The number of ether oxygens (including phenoxy) is 1. The van der Waals surface area contributed by atoms with E-state index >= 15 is 0 Å². The third kappa shape index (κ3) is 12.1. The lowest BCUT2D eigenvalue weighted by Gasteiger charge is -2.19. The van der Waals surface area contributed by atoms with Crippen LogP contribution in [0.15, 0.2) is 0 Å². The third-order valence-corrected chi connectivity index (χ3v) is 2.55. The smallest absolute Gasteiger partial charge is 0.407 e. The average Bonchev–Trinajstić information content (AvgIpc) is 2.37. The van der Waals surface area contributed by atoms with E-state index in [1.807, 2.05) is 0 Å². The van der Waals surface area contributed by atoms with Crippen LogP contribution in [0, 0.1) is 0 Å². The Kier molecular flexibility index (Phi) is 9.73. The Balaban J connectivity index is 3.56. The maximum atomic E-state index is 11.4. The van der Waals surface area contributed by atoms with Crippen LogP contribution in [0.2, 0.25) is 0 Å². The first kappa shape index (κ1) is 19.7. The fourth-order valence-corrected chi connectivity index (χ4v) is 1.54. The monoisotopic (exact) mass is 304 g/mol. The van der Waals surface area contributed by atoms with Gasteiger partial charge in [0.05, 0.1) is 19.3 Å². The van der Waals surface area contributed by atoms with E-state index in [2.05, 4.69) is 10.6 Å². The molecular weight excluding hydrogens is 276 g/mol. The summed E-state index contributed by atoms with van der Waals surface area (Å²) in [4.78, 5) is 22.8. The molecule has 0 saturated carbocycles. The van der Waals surface area contributed by atoms with Gasteiger partial charge in [-0.25, -0.2) is 4.79 Å². The molecule has 2 amide bonds. The first-order chi connectivity index (χ1) is 9.78. The summed E-state index contributed by atoms with van der Waals surface area (Å²) in [7, 11) is 0. The van der Waals surface area contributed by atoms with E-state index in [0.29, 0.717) is 19.4 Å². The van der Waals surface area contributed by atoms with E-state index in [1.54, 1.807) is 20.8 Å². The molecule has 0 aromatic rings. The number of amides is 2. The molecular formula is C14H28N2O5. The zero-order valence-corrected chi connectivity index (χ0v) is 13.1. The van der Waals surface area contributed by atoms with Crippen LogP contribution < -0.4 is 10.6 Å². The zero-order chi connectivity index (χ0) is 16.3. The van der Waals surface area contributed by atoms with E-state index < -0.39 is 17.7 Å². The Morgan fingerprint density at radius 1 is 1.10 bits per heavy atom. The largest absolute Gasteiger partial charge is 0.444 e. The van der Waals surface area contributed by atoms with E-state index in [1.165, 1.54) is 0 Å². The standard InChI is InChI=1S/C14H28N2O5/c1-14(2,3)21-13(20)15-8-6-4-5-7-12(19)16-11(9-17)10-18/h11,17-18H,4-10H2,1-3H3,(H,15,20)(H,16,19). The van der Waals surface area contributed by atoms with Gasteiger partial charge in [0.25, 0.3) is 0 Å². The summed E-state index contributed by atoms with van der Waals surface area (Å²) in [6.45, 7) is 5.36. The molecule has 0 aliphatic heterocycles. The summed E-state index contributed by atoms with van der Waals surface area (Å²) < 4.78 is 5.09. The van der Waals surface area contributed by atoms with Crippen LogP contribution in [0.4, 0.5) is 4.79 Å². The number of hydrogen-bond donors (Lipinski definition) is 4. The second kappa shape index (κ2) is 10.4. The van der Waals surface area contributed by atoms with Gasteiger partial charge in [0, 0.05) is 13.0 Å². The molecule has 0 aliphatic rings. The second-order valence-electron chi connectivity index (χ2n) is 5.87. The molecule has 0 saturated heterocycles. The molecule has 21 heavy (non-hydrogen) atoms. The summed E-state index contributed by atoms with van der Waals surface area (Å²) in [5.74, 6) is -0.191. The summed E-state index contributed by atoms with van der Waals surface area (Å²) in [5, 5.41) is 22.8. The van der Waals surface area contributed by atoms with Gasteiger partial charge in [-0.05, 0) is 33.6 Å². The number of nitrogens with one attached hydrogen (secondary N) is 2. The fourth-order valence-electron chi connectivity index (χ4n) is 1.54. The third-order valence-electron chi connectivity index (χ3n) is 2.55. The minimum Gasteiger partial charge on any atom is -0.444 e. The van der Waals surface area contributed by atoms with Gasteiger partial charge in [0.1, 0.15) is 5.60 Å². The summed E-state index contributed by atoms with van der Waals surface area (Å²) in [5.41, 5.74) is -0.502. The van der Waals surface area contributed by atoms with Crippen LogP contribution in [0.1, 0.15) is 46.5 Å². The summed E-state index contributed by atoms with van der Waals surface area (Å²) >= 11 is 0. The molecule has 124 valence electrons. The van der Waals surface area contributed by atoms with Crippen molar-refractivity contribution in [1.82, 2.24) is 10.6 Å². The van der Waals surface area contributed by atoms with Crippen molar-refractivity contribution in [1.29, 1.82) is 0 Å². The molecule has 4 N–H and O–H groups in total. The number of aliphatic hydroxyl groups is 2. The first-order valence-corrected chi connectivity index (χ1v) is 7.26. The fraction of sp³-hybridized carbons (Fsp3) is 0.857. The van der Waals surface area contributed by atoms with Gasteiger partial charge < -0.3 is 25.6 Å². The van der Waals surface area contributed by atoms with Crippen LogP contribution in [-0.2, 0) is 9.53 Å². The maximum absolute atomic E-state index is 11.4. The predicted octanol–water partition coefficient (Wildman–Crippen LogP) is 0.541. The molecule has 0 spiro atoms. The van der Waals surface area contributed by atoms with Crippen LogP contribution >= 0.6 is 0 Å². The van der Waals surface area contributed by atoms with Crippen LogP contribution in [-0.4, -0.2) is 53.6 Å². The minimum atomic E-state index is -0.591. The SMILES string of the molecule is CC(C)(C)OC(=O)NCCCCCC(=O)NC(CO)CO. The Morgan fingerprint density at radius 3 is 2.24 bits per heavy atom. The number of alkyl carbamates (subject to hydrolysis) is 1. The Bertz CT molecular complexity index is 311. The average molecular weight is 304 g/mol. The quantitative estimate of drug-likeness (QED) is 0.465. The van der Waals surface area contributed by atoms with Gasteiger partial charge in [0.15, 0.2) is 0 Å². The molecule has 0 aromatic carbocycles. The number of unbranched alkanes of at least 4 members (excludes halogenated alkanes) is 2. The van der Waals surface area contributed by atoms with Crippen LogP contribution in [0.5, 0.6) is 0 Å². The number of aliphatic hydroxyl groups excluding tert-OH is 2. The molecule has 0 aliphatic carbocycles. The Morgan fingerprint density at radius 2 is 1.71 bits per heavy atom. The lowest BCUT2D eigenvalue weighted by molar-refractivity contribution is -0.122. The van der Waals surface area contributed by atoms with Crippen molar-refractivity contribution in [2.24, 2.45) is 0 Å². The highest BCUT2D eigenvalue weighted by Gasteiger charge is 2.15. The van der Waals surface area contributed by atoms with Gasteiger partial charge in [-0.15, -0.1) is 0 Å². The van der Waals surface area contributed by atoms with Gasteiger partial charge >= 0.3 is 6.09 Å². The Labute approximate surface area is 126 Å². The highest BCUT2D eigenvalue weighted by molar-refractivity contribution is 5.76. The molecule has 0 bridgehead atoms. The second-order valence-corrected chi connectivity index (χ2v) is 5.87. The zero-order valence-electron chi connectivity index (χ0n) is 13.1. The highest BCUT2D eigenvalue weighted by atomic mass is 16.6. The van der Waals surface area contributed by atoms with Gasteiger partial charge in [-0.2, -0.15) is 0 Å². The van der Waals surface area contributed by atoms with Crippen molar-refractivity contribution in [3.05, 3.63) is 0 Å². The van der Waals surface area contributed by atoms with E-state index in [0.717, 1.165) is 12.8 Å². The van der Waals surface area contributed by atoms with Gasteiger partial charge in [-0.1, -0.05) is 6.42 Å².